The molecule has 0 unspecified atom stereocenters. The van der Waals surface area contributed by atoms with Crippen LogP contribution in [0.25, 0.3) is 0 Å². The van der Waals surface area contributed by atoms with E-state index < -0.39 is 5.41 Å². The zero-order valence-corrected chi connectivity index (χ0v) is 14.4. The van der Waals surface area contributed by atoms with Crippen molar-refractivity contribution in [1.29, 1.82) is 0 Å². The Labute approximate surface area is 140 Å². The van der Waals surface area contributed by atoms with Gasteiger partial charge in [0.05, 0.1) is 0 Å². The highest BCUT2D eigenvalue weighted by Crippen LogP contribution is 2.36. The van der Waals surface area contributed by atoms with E-state index in [0.717, 1.165) is 5.56 Å². The van der Waals surface area contributed by atoms with Crippen LogP contribution in [0.1, 0.15) is 17.5 Å². The molecule has 0 heterocycles. The first-order valence-corrected chi connectivity index (χ1v) is 8.15. The van der Waals surface area contributed by atoms with Gasteiger partial charge in [0.2, 0.25) is 9.39 Å². The molecule has 0 saturated heterocycles. The highest BCUT2D eigenvalue weighted by atomic mass is 79.9. The van der Waals surface area contributed by atoms with Crippen LogP contribution < -0.4 is 0 Å². The first kappa shape index (κ1) is 16.1. The fourth-order valence-electron chi connectivity index (χ4n) is 2.34. The highest BCUT2D eigenvalue weighted by molar-refractivity contribution is 9.19. The summed E-state index contributed by atoms with van der Waals surface area (Å²) in [4.78, 5) is 24.4. The average molecular weight is 410 g/mol. The van der Waals surface area contributed by atoms with E-state index in [0.29, 0.717) is 18.4 Å². The third-order valence-electron chi connectivity index (χ3n) is 3.57. The molecule has 4 heteroatoms. The maximum Gasteiger partial charge on any atom is 0.216 e. The molecular weight excluding hydrogens is 396 g/mol. The summed E-state index contributed by atoms with van der Waals surface area (Å²) in [5.41, 5.74) is 0.599. The monoisotopic (exact) mass is 408 g/mol. The number of halogens is 2. The first-order valence-electron chi connectivity index (χ1n) is 6.56. The molecule has 0 saturated carbocycles. The van der Waals surface area contributed by atoms with Crippen molar-refractivity contribution in [2.45, 2.75) is 18.3 Å². The van der Waals surface area contributed by atoms with Crippen LogP contribution in [0.3, 0.4) is 0 Å². The van der Waals surface area contributed by atoms with Crippen molar-refractivity contribution in [2.75, 3.05) is 0 Å². The third kappa shape index (κ3) is 3.50. The molecule has 0 aromatic heterocycles. The molecule has 0 N–H and O–H groups in total. The van der Waals surface area contributed by atoms with Crippen LogP contribution >= 0.6 is 31.9 Å². The molecular formula is C17H14Br2O2. The van der Waals surface area contributed by atoms with Crippen LogP contribution in [0, 0.1) is 0 Å². The molecule has 0 aliphatic carbocycles. The molecule has 0 atom stereocenters. The Balaban J connectivity index is 2.37. The lowest BCUT2D eigenvalue weighted by molar-refractivity contribution is -0.124. The molecule has 21 heavy (non-hydrogen) atoms. The minimum absolute atomic E-state index is 0.320. The van der Waals surface area contributed by atoms with E-state index in [1.54, 1.807) is 0 Å². The van der Waals surface area contributed by atoms with Gasteiger partial charge < -0.3 is 0 Å². The summed E-state index contributed by atoms with van der Waals surface area (Å²) in [6.45, 7) is 0. The zero-order chi connectivity index (χ0) is 15.3. The smallest absolute Gasteiger partial charge is 0.216 e. The fourth-order valence-corrected chi connectivity index (χ4v) is 3.82. The number of hydrogen-bond donors (Lipinski definition) is 0. The van der Waals surface area contributed by atoms with Gasteiger partial charge in [0.15, 0.2) is 0 Å². The number of hydrogen-bond acceptors (Lipinski definition) is 2. The van der Waals surface area contributed by atoms with E-state index >= 15 is 0 Å². The second-order valence-corrected chi connectivity index (χ2v) is 6.24. The van der Waals surface area contributed by atoms with Crippen LogP contribution in [-0.2, 0) is 21.4 Å². The van der Waals surface area contributed by atoms with Gasteiger partial charge in [-0.05, 0) is 55.8 Å². The molecule has 2 aromatic rings. The molecule has 2 aromatic carbocycles. The Kier molecular flexibility index (Phi) is 5.48. The van der Waals surface area contributed by atoms with Crippen molar-refractivity contribution < 1.29 is 9.59 Å². The molecule has 0 fully saturated rings. The summed E-state index contributed by atoms with van der Waals surface area (Å²) < 4.78 is -0.641. The maximum absolute atomic E-state index is 12.2. The summed E-state index contributed by atoms with van der Waals surface area (Å²) >= 11 is 6.04. The predicted molar refractivity (Wildman–Crippen MR) is 90.8 cm³/mol. The summed E-state index contributed by atoms with van der Waals surface area (Å²) in [5, 5.41) is 0. The van der Waals surface area contributed by atoms with E-state index in [-0.39, 0.29) is 9.39 Å². The van der Waals surface area contributed by atoms with Crippen molar-refractivity contribution in [2.24, 2.45) is 0 Å². The second-order valence-electron chi connectivity index (χ2n) is 4.80. The molecule has 2 rings (SSSR count). The standard InChI is InChI=1S/C17H14Br2O2/c18-15(20)17(16(19)21,14-9-5-2-6-10-14)12-11-13-7-3-1-4-8-13/h1-10H,11-12H2. The lowest BCUT2D eigenvalue weighted by Gasteiger charge is -2.27. The molecule has 0 amide bonds. The van der Waals surface area contributed by atoms with Gasteiger partial charge in [0, 0.05) is 0 Å². The van der Waals surface area contributed by atoms with Gasteiger partial charge in [-0.25, -0.2) is 0 Å². The topological polar surface area (TPSA) is 34.1 Å². The molecule has 0 aliphatic heterocycles. The van der Waals surface area contributed by atoms with E-state index in [1.807, 2.05) is 60.7 Å². The predicted octanol–water partition coefficient (Wildman–Crippen LogP) is 4.40. The average Bonchev–Trinajstić information content (AvgIpc) is 2.49. The van der Waals surface area contributed by atoms with Crippen molar-refractivity contribution in [3.8, 4) is 0 Å². The largest absolute Gasteiger partial charge is 0.285 e. The summed E-state index contributed by atoms with van der Waals surface area (Å²) in [6.07, 6.45) is 1.06. The fraction of sp³-hybridized carbons (Fsp3) is 0.176. The minimum atomic E-state index is -1.20. The molecule has 0 spiro atoms. The van der Waals surface area contributed by atoms with Crippen LogP contribution in [-0.4, -0.2) is 9.39 Å². The van der Waals surface area contributed by atoms with Crippen molar-refractivity contribution in [1.82, 2.24) is 0 Å². The molecule has 0 bridgehead atoms. The first-order chi connectivity index (χ1) is 10.1. The van der Waals surface area contributed by atoms with E-state index in [2.05, 4.69) is 31.9 Å². The number of carbonyl (C=O) groups excluding carboxylic acids is 2. The van der Waals surface area contributed by atoms with Gasteiger partial charge in [-0.1, -0.05) is 60.7 Å². The summed E-state index contributed by atoms with van der Waals surface area (Å²) in [6, 6.07) is 19.0. The normalized spacial score (nSPS) is 11.1. The molecule has 0 aliphatic rings. The quantitative estimate of drug-likeness (QED) is 0.523. The number of carbonyl (C=O) groups is 2. The lowest BCUT2D eigenvalue weighted by Crippen LogP contribution is -2.39. The number of rotatable bonds is 6. The van der Waals surface area contributed by atoms with Gasteiger partial charge in [0.25, 0.3) is 0 Å². The number of aryl methyl sites for hydroxylation is 1. The molecule has 108 valence electrons. The van der Waals surface area contributed by atoms with E-state index in [1.165, 1.54) is 0 Å². The zero-order valence-electron chi connectivity index (χ0n) is 11.3. The van der Waals surface area contributed by atoms with Crippen LogP contribution in [0.15, 0.2) is 60.7 Å². The van der Waals surface area contributed by atoms with Crippen LogP contribution in [0.2, 0.25) is 0 Å². The second kappa shape index (κ2) is 7.14. The van der Waals surface area contributed by atoms with Crippen LogP contribution in [0.5, 0.6) is 0 Å². The van der Waals surface area contributed by atoms with Gasteiger partial charge >= 0.3 is 0 Å². The van der Waals surface area contributed by atoms with Gasteiger partial charge in [0.1, 0.15) is 5.41 Å². The van der Waals surface area contributed by atoms with Gasteiger partial charge in [-0.3, -0.25) is 9.59 Å². The van der Waals surface area contributed by atoms with Crippen molar-refractivity contribution in [3.05, 3.63) is 71.8 Å². The SMILES string of the molecule is O=C(Br)C(CCc1ccccc1)(C(=O)Br)c1ccccc1. The maximum atomic E-state index is 12.2. The van der Waals surface area contributed by atoms with Gasteiger partial charge in [-0.15, -0.1) is 0 Å². The Morgan fingerprint density at radius 3 is 1.76 bits per heavy atom. The lowest BCUT2D eigenvalue weighted by atomic mass is 9.78. The van der Waals surface area contributed by atoms with Crippen molar-refractivity contribution in [3.63, 3.8) is 0 Å². The third-order valence-corrected chi connectivity index (χ3v) is 4.92. The number of benzene rings is 2. The van der Waals surface area contributed by atoms with E-state index in [4.69, 9.17) is 0 Å². The van der Waals surface area contributed by atoms with Crippen LogP contribution in [0.4, 0.5) is 0 Å². The molecule has 0 radical (unpaired) electrons. The van der Waals surface area contributed by atoms with E-state index in [9.17, 15) is 9.59 Å². The Bertz CT molecular complexity index is 610. The summed E-state index contributed by atoms with van der Waals surface area (Å²) in [5.74, 6) is 0. The van der Waals surface area contributed by atoms with Crippen molar-refractivity contribution >= 4 is 41.2 Å². The Hall–Kier alpha value is -1.26. The van der Waals surface area contributed by atoms with Gasteiger partial charge in [-0.2, -0.15) is 0 Å². The highest BCUT2D eigenvalue weighted by Gasteiger charge is 2.44. The Morgan fingerprint density at radius 1 is 0.810 bits per heavy atom. The minimum Gasteiger partial charge on any atom is -0.285 e. The molecule has 2 nitrogen and oxygen atoms in total. The Morgan fingerprint density at radius 2 is 1.29 bits per heavy atom. The summed E-state index contributed by atoms with van der Waals surface area (Å²) in [7, 11) is 0.